The van der Waals surface area contributed by atoms with Gasteiger partial charge in [0.2, 0.25) is 0 Å². The zero-order valence-corrected chi connectivity index (χ0v) is 16.3. The lowest BCUT2D eigenvalue weighted by atomic mass is 10.0. The highest BCUT2D eigenvalue weighted by Crippen LogP contribution is 2.28. The highest BCUT2D eigenvalue weighted by atomic mass is 32.2. The molecule has 3 N–H and O–H groups in total. The molecule has 3 aromatic carbocycles. The molecule has 3 aromatic rings. The molecule has 0 fully saturated rings. The van der Waals surface area contributed by atoms with Crippen molar-refractivity contribution in [3.63, 3.8) is 0 Å². The Morgan fingerprint density at radius 3 is 2.11 bits per heavy atom. The standard InChI is InChI=1S/C21H20N2O4S/c1-27-17-8-3-15(4-9-17)21(24)23-20-13-16(7-12-19(20)22)14-5-10-18(11-6-14)28(2,25)26/h3-13H,22H2,1-2H3,(H,23,24). The number of nitrogens with one attached hydrogen (secondary N) is 1. The van der Waals surface area contributed by atoms with E-state index >= 15 is 0 Å². The molecule has 0 bridgehead atoms. The fraction of sp³-hybridized carbons (Fsp3) is 0.0952. The van der Waals surface area contributed by atoms with E-state index in [0.29, 0.717) is 22.7 Å². The topological polar surface area (TPSA) is 98.5 Å². The molecular formula is C21H20N2O4S. The lowest BCUT2D eigenvalue weighted by Gasteiger charge is -2.11. The van der Waals surface area contributed by atoms with Gasteiger partial charge in [0.25, 0.3) is 5.91 Å². The SMILES string of the molecule is COc1ccc(C(=O)Nc2cc(-c3ccc(S(C)(=O)=O)cc3)ccc2N)cc1. The quantitative estimate of drug-likeness (QED) is 0.642. The average molecular weight is 396 g/mol. The van der Waals surface area contributed by atoms with E-state index in [-0.39, 0.29) is 10.8 Å². The molecule has 0 saturated carbocycles. The molecule has 0 saturated heterocycles. The number of ether oxygens (including phenoxy) is 1. The van der Waals surface area contributed by atoms with E-state index in [4.69, 9.17) is 10.5 Å². The second-order valence-corrected chi connectivity index (χ2v) is 8.30. The lowest BCUT2D eigenvalue weighted by molar-refractivity contribution is 0.102. The Hall–Kier alpha value is -3.32. The van der Waals surface area contributed by atoms with Gasteiger partial charge < -0.3 is 15.8 Å². The van der Waals surface area contributed by atoms with Crippen molar-refractivity contribution in [1.82, 2.24) is 0 Å². The minimum atomic E-state index is -3.25. The van der Waals surface area contributed by atoms with Gasteiger partial charge >= 0.3 is 0 Å². The molecule has 0 radical (unpaired) electrons. The van der Waals surface area contributed by atoms with Crippen molar-refractivity contribution in [3.05, 3.63) is 72.3 Å². The van der Waals surface area contributed by atoms with Crippen LogP contribution >= 0.6 is 0 Å². The summed E-state index contributed by atoms with van der Waals surface area (Å²) < 4.78 is 28.3. The molecule has 6 nitrogen and oxygen atoms in total. The number of amides is 1. The van der Waals surface area contributed by atoms with Crippen molar-refractivity contribution < 1.29 is 17.9 Å². The van der Waals surface area contributed by atoms with Gasteiger partial charge in [-0.3, -0.25) is 4.79 Å². The first-order valence-corrected chi connectivity index (χ1v) is 10.3. The zero-order valence-electron chi connectivity index (χ0n) is 15.5. The number of carbonyl (C=O) groups excluding carboxylic acids is 1. The maximum Gasteiger partial charge on any atom is 0.255 e. The summed E-state index contributed by atoms with van der Waals surface area (Å²) >= 11 is 0. The molecule has 0 aliphatic rings. The fourth-order valence-corrected chi connectivity index (χ4v) is 3.31. The summed E-state index contributed by atoms with van der Waals surface area (Å²) in [5, 5.41) is 2.81. The first-order chi connectivity index (χ1) is 13.3. The van der Waals surface area contributed by atoms with Crippen LogP contribution in [-0.2, 0) is 9.84 Å². The summed E-state index contributed by atoms with van der Waals surface area (Å²) in [5.74, 6) is 0.370. The zero-order chi connectivity index (χ0) is 20.3. The van der Waals surface area contributed by atoms with Gasteiger partial charge in [-0.1, -0.05) is 18.2 Å². The molecule has 28 heavy (non-hydrogen) atoms. The van der Waals surface area contributed by atoms with Crippen LogP contribution in [0, 0.1) is 0 Å². The fourth-order valence-electron chi connectivity index (χ4n) is 2.68. The van der Waals surface area contributed by atoms with Gasteiger partial charge in [0.05, 0.1) is 23.4 Å². The van der Waals surface area contributed by atoms with E-state index in [1.807, 2.05) is 6.07 Å². The van der Waals surface area contributed by atoms with Gasteiger partial charge in [-0.25, -0.2) is 8.42 Å². The normalized spacial score (nSPS) is 11.1. The van der Waals surface area contributed by atoms with Gasteiger partial charge in [-0.05, 0) is 59.7 Å². The largest absolute Gasteiger partial charge is 0.497 e. The third-order valence-corrected chi connectivity index (χ3v) is 5.40. The monoisotopic (exact) mass is 396 g/mol. The molecule has 0 heterocycles. The van der Waals surface area contributed by atoms with Crippen molar-refractivity contribution in [3.8, 4) is 16.9 Å². The first kappa shape index (κ1) is 19.4. The minimum absolute atomic E-state index is 0.250. The van der Waals surface area contributed by atoms with Crippen molar-refractivity contribution in [2.75, 3.05) is 24.4 Å². The number of benzene rings is 3. The number of rotatable bonds is 5. The van der Waals surface area contributed by atoms with E-state index < -0.39 is 9.84 Å². The molecule has 3 rings (SSSR count). The second-order valence-electron chi connectivity index (χ2n) is 6.28. The molecule has 7 heteroatoms. The maximum atomic E-state index is 12.5. The van der Waals surface area contributed by atoms with E-state index in [9.17, 15) is 13.2 Å². The number of hydrogen-bond donors (Lipinski definition) is 2. The molecule has 0 unspecified atom stereocenters. The number of carbonyl (C=O) groups is 1. The van der Waals surface area contributed by atoms with Gasteiger partial charge in [-0.2, -0.15) is 0 Å². The third kappa shape index (κ3) is 4.32. The summed E-state index contributed by atoms with van der Waals surface area (Å²) in [4.78, 5) is 12.7. The van der Waals surface area contributed by atoms with Crippen LogP contribution in [0.1, 0.15) is 10.4 Å². The van der Waals surface area contributed by atoms with Crippen molar-refractivity contribution in [2.45, 2.75) is 4.90 Å². The highest BCUT2D eigenvalue weighted by Gasteiger charge is 2.11. The Morgan fingerprint density at radius 1 is 0.929 bits per heavy atom. The third-order valence-electron chi connectivity index (χ3n) is 4.27. The molecule has 0 atom stereocenters. The number of sulfone groups is 1. The maximum absolute atomic E-state index is 12.5. The van der Waals surface area contributed by atoms with Crippen LogP contribution in [0.5, 0.6) is 5.75 Å². The van der Waals surface area contributed by atoms with E-state index in [0.717, 1.165) is 17.4 Å². The van der Waals surface area contributed by atoms with Crippen molar-refractivity contribution in [1.29, 1.82) is 0 Å². The van der Waals surface area contributed by atoms with Crippen molar-refractivity contribution in [2.24, 2.45) is 0 Å². The van der Waals surface area contributed by atoms with Crippen LogP contribution in [0.2, 0.25) is 0 Å². The minimum Gasteiger partial charge on any atom is -0.497 e. The summed E-state index contributed by atoms with van der Waals surface area (Å²) in [5.41, 5.74) is 9.01. The predicted octanol–water partition coefficient (Wildman–Crippen LogP) is 3.60. The number of hydrogen-bond acceptors (Lipinski definition) is 5. The number of methoxy groups -OCH3 is 1. The van der Waals surface area contributed by atoms with Crippen LogP contribution in [0.4, 0.5) is 11.4 Å². The van der Waals surface area contributed by atoms with Crippen LogP contribution < -0.4 is 15.8 Å². The van der Waals surface area contributed by atoms with E-state index in [1.165, 1.54) is 0 Å². The number of nitrogen functional groups attached to an aromatic ring is 1. The molecule has 144 valence electrons. The van der Waals surface area contributed by atoms with Crippen LogP contribution in [0.25, 0.3) is 11.1 Å². The Kier molecular flexibility index (Phi) is 5.37. The molecule has 0 aromatic heterocycles. The average Bonchev–Trinajstić information content (AvgIpc) is 2.69. The van der Waals surface area contributed by atoms with E-state index in [2.05, 4.69) is 5.32 Å². The molecular weight excluding hydrogens is 376 g/mol. The Labute approximate surface area is 163 Å². The van der Waals surface area contributed by atoms with Crippen molar-refractivity contribution >= 4 is 27.1 Å². The second kappa shape index (κ2) is 7.74. The summed E-state index contributed by atoms with van der Waals surface area (Å²) in [6.45, 7) is 0. The van der Waals surface area contributed by atoms with Crippen LogP contribution in [0.15, 0.2) is 71.6 Å². The summed E-state index contributed by atoms with van der Waals surface area (Å²) in [6.07, 6.45) is 1.16. The Morgan fingerprint density at radius 2 is 1.54 bits per heavy atom. The van der Waals surface area contributed by atoms with E-state index in [1.54, 1.807) is 67.8 Å². The Bertz CT molecular complexity index is 1110. The van der Waals surface area contributed by atoms with Crippen LogP contribution in [-0.4, -0.2) is 27.7 Å². The Balaban J connectivity index is 1.85. The summed E-state index contributed by atoms with van der Waals surface area (Å²) in [7, 11) is -1.69. The lowest BCUT2D eigenvalue weighted by Crippen LogP contribution is -2.13. The number of anilines is 2. The highest BCUT2D eigenvalue weighted by molar-refractivity contribution is 7.90. The molecule has 0 aliphatic heterocycles. The van der Waals surface area contributed by atoms with Gasteiger partial charge in [0.15, 0.2) is 9.84 Å². The van der Waals surface area contributed by atoms with Gasteiger partial charge in [-0.15, -0.1) is 0 Å². The number of nitrogens with two attached hydrogens (primary N) is 1. The summed E-state index contributed by atoms with van der Waals surface area (Å²) in [6, 6.07) is 18.6. The predicted molar refractivity (Wildman–Crippen MR) is 110 cm³/mol. The smallest absolute Gasteiger partial charge is 0.255 e. The first-order valence-electron chi connectivity index (χ1n) is 8.43. The van der Waals surface area contributed by atoms with Gasteiger partial charge in [0.1, 0.15) is 5.75 Å². The molecule has 1 amide bonds. The molecule has 0 spiro atoms. The van der Waals surface area contributed by atoms with Crippen LogP contribution in [0.3, 0.4) is 0 Å². The van der Waals surface area contributed by atoms with Gasteiger partial charge in [0, 0.05) is 11.8 Å². The molecule has 0 aliphatic carbocycles.